The van der Waals surface area contributed by atoms with Gasteiger partial charge in [-0.2, -0.15) is 0 Å². The lowest BCUT2D eigenvalue weighted by molar-refractivity contribution is 0.226. The van der Waals surface area contributed by atoms with E-state index in [0.29, 0.717) is 5.92 Å². The molecular weight excluding hydrogens is 264 g/mol. The molecule has 0 saturated heterocycles. The molecule has 0 spiro atoms. The number of nitrogens with one attached hydrogen (secondary N) is 2. The van der Waals surface area contributed by atoms with E-state index in [-0.39, 0.29) is 30.6 Å². The summed E-state index contributed by atoms with van der Waals surface area (Å²) in [7, 11) is 0. The number of urea groups is 1. The molecule has 1 aromatic rings. The van der Waals surface area contributed by atoms with Crippen LogP contribution in [0.2, 0.25) is 0 Å². The molecule has 0 aromatic heterocycles. The van der Waals surface area contributed by atoms with Crippen LogP contribution in [0.25, 0.3) is 0 Å². The standard InChI is InChI=1S/C17H22N2O2/c1-11-8-13-4-2-3-5-15(13)16(11)19-17(21)18-14-7-6-12(9-14)10-20/h2-7,11-12,14,16,20H,8-10H2,1H3,(H2,18,19,21)/t11?,12-,14+,16?/m0/s1. The number of hydrogen-bond acceptors (Lipinski definition) is 2. The van der Waals surface area contributed by atoms with Gasteiger partial charge < -0.3 is 15.7 Å². The van der Waals surface area contributed by atoms with Crippen molar-refractivity contribution < 1.29 is 9.90 Å². The molecule has 1 aromatic carbocycles. The van der Waals surface area contributed by atoms with Crippen molar-refractivity contribution in [1.82, 2.24) is 10.6 Å². The van der Waals surface area contributed by atoms with Crippen molar-refractivity contribution in [3.05, 3.63) is 47.5 Å². The first-order valence-corrected chi connectivity index (χ1v) is 7.61. The summed E-state index contributed by atoms with van der Waals surface area (Å²) < 4.78 is 0. The van der Waals surface area contributed by atoms with Crippen LogP contribution in [0.4, 0.5) is 4.79 Å². The van der Waals surface area contributed by atoms with E-state index < -0.39 is 0 Å². The normalized spacial score (nSPS) is 30.2. The van der Waals surface area contributed by atoms with E-state index in [4.69, 9.17) is 5.11 Å². The molecule has 4 nitrogen and oxygen atoms in total. The van der Waals surface area contributed by atoms with Crippen LogP contribution in [-0.4, -0.2) is 23.8 Å². The number of aliphatic hydroxyl groups excluding tert-OH is 1. The van der Waals surface area contributed by atoms with E-state index >= 15 is 0 Å². The highest BCUT2D eigenvalue weighted by atomic mass is 16.3. The van der Waals surface area contributed by atoms with Crippen LogP contribution in [0.15, 0.2) is 36.4 Å². The van der Waals surface area contributed by atoms with E-state index in [0.717, 1.165) is 12.8 Å². The number of amides is 2. The number of rotatable bonds is 3. The predicted octanol–water partition coefficient (Wildman–Crippen LogP) is 2.16. The van der Waals surface area contributed by atoms with Gasteiger partial charge in [-0.25, -0.2) is 4.79 Å². The lowest BCUT2D eigenvalue weighted by atomic mass is 10.0. The summed E-state index contributed by atoms with van der Waals surface area (Å²) in [4.78, 5) is 12.2. The van der Waals surface area contributed by atoms with Gasteiger partial charge in [0.25, 0.3) is 0 Å². The molecule has 2 amide bonds. The molecular formula is C17H22N2O2. The molecule has 0 saturated carbocycles. The first-order valence-electron chi connectivity index (χ1n) is 7.61. The van der Waals surface area contributed by atoms with Gasteiger partial charge >= 0.3 is 6.03 Å². The fourth-order valence-corrected chi connectivity index (χ4v) is 3.38. The van der Waals surface area contributed by atoms with E-state index in [2.05, 4.69) is 29.7 Å². The van der Waals surface area contributed by atoms with Gasteiger partial charge in [-0.1, -0.05) is 43.3 Å². The fraction of sp³-hybridized carbons (Fsp3) is 0.471. The lowest BCUT2D eigenvalue weighted by Gasteiger charge is -2.21. The third-order valence-corrected chi connectivity index (χ3v) is 4.51. The van der Waals surface area contributed by atoms with Crippen molar-refractivity contribution in [1.29, 1.82) is 0 Å². The van der Waals surface area contributed by atoms with Gasteiger partial charge in [-0.15, -0.1) is 0 Å². The van der Waals surface area contributed by atoms with Crippen LogP contribution in [0.5, 0.6) is 0 Å². The SMILES string of the molecule is CC1Cc2ccccc2C1NC(=O)N[C@@H]1C=C[C@H](CO)C1. The van der Waals surface area contributed by atoms with Gasteiger partial charge in [-0.05, 0) is 29.9 Å². The second-order valence-electron chi connectivity index (χ2n) is 6.15. The van der Waals surface area contributed by atoms with Crippen LogP contribution < -0.4 is 10.6 Å². The predicted molar refractivity (Wildman–Crippen MR) is 81.8 cm³/mol. The molecule has 2 aliphatic rings. The quantitative estimate of drug-likeness (QED) is 0.746. The maximum atomic E-state index is 12.2. The van der Waals surface area contributed by atoms with E-state index in [1.807, 2.05) is 24.3 Å². The smallest absolute Gasteiger partial charge is 0.315 e. The number of carbonyl (C=O) groups is 1. The summed E-state index contributed by atoms with van der Waals surface area (Å²) in [6.07, 6.45) is 5.72. The van der Waals surface area contributed by atoms with Crippen molar-refractivity contribution in [3.8, 4) is 0 Å². The van der Waals surface area contributed by atoms with Crippen molar-refractivity contribution in [2.24, 2.45) is 11.8 Å². The molecule has 112 valence electrons. The van der Waals surface area contributed by atoms with Gasteiger partial charge in [0.05, 0.1) is 6.04 Å². The maximum absolute atomic E-state index is 12.2. The van der Waals surface area contributed by atoms with Gasteiger partial charge in [-0.3, -0.25) is 0 Å². The summed E-state index contributed by atoms with van der Waals surface area (Å²) in [6, 6.07) is 8.28. The molecule has 0 fully saturated rings. The van der Waals surface area contributed by atoms with E-state index in [1.165, 1.54) is 11.1 Å². The molecule has 0 radical (unpaired) electrons. The number of aliphatic hydroxyl groups is 1. The number of hydrogen-bond donors (Lipinski definition) is 3. The zero-order chi connectivity index (χ0) is 14.8. The largest absolute Gasteiger partial charge is 0.396 e. The Kier molecular flexibility index (Phi) is 3.97. The molecule has 3 N–H and O–H groups in total. The highest BCUT2D eigenvalue weighted by Gasteiger charge is 2.30. The monoisotopic (exact) mass is 286 g/mol. The van der Waals surface area contributed by atoms with Crippen molar-refractivity contribution in [2.75, 3.05) is 6.61 Å². The maximum Gasteiger partial charge on any atom is 0.315 e. The molecule has 4 heteroatoms. The second-order valence-corrected chi connectivity index (χ2v) is 6.15. The van der Waals surface area contributed by atoms with E-state index in [1.54, 1.807) is 0 Å². The van der Waals surface area contributed by atoms with Crippen LogP contribution in [0.3, 0.4) is 0 Å². The van der Waals surface area contributed by atoms with Crippen LogP contribution in [0.1, 0.15) is 30.5 Å². The van der Waals surface area contributed by atoms with Crippen LogP contribution in [0, 0.1) is 11.8 Å². The Balaban J connectivity index is 1.59. The minimum Gasteiger partial charge on any atom is -0.396 e. The van der Waals surface area contributed by atoms with Crippen molar-refractivity contribution >= 4 is 6.03 Å². The highest BCUT2D eigenvalue weighted by Crippen LogP contribution is 2.35. The van der Waals surface area contributed by atoms with Gasteiger partial charge in [0.1, 0.15) is 0 Å². The summed E-state index contributed by atoms with van der Waals surface area (Å²) in [5.41, 5.74) is 2.56. The second kappa shape index (κ2) is 5.90. The molecule has 0 aliphatic heterocycles. The molecule has 0 heterocycles. The molecule has 2 aliphatic carbocycles. The molecule has 2 unspecified atom stereocenters. The van der Waals surface area contributed by atoms with Crippen molar-refractivity contribution in [2.45, 2.75) is 31.8 Å². The van der Waals surface area contributed by atoms with Gasteiger partial charge in [0, 0.05) is 18.6 Å². The highest BCUT2D eigenvalue weighted by molar-refractivity contribution is 5.75. The summed E-state index contributed by atoms with van der Waals surface area (Å²) in [5.74, 6) is 0.582. The summed E-state index contributed by atoms with van der Waals surface area (Å²) in [5, 5.41) is 15.2. The zero-order valence-corrected chi connectivity index (χ0v) is 12.3. The number of benzene rings is 1. The summed E-state index contributed by atoms with van der Waals surface area (Å²) >= 11 is 0. The zero-order valence-electron chi connectivity index (χ0n) is 12.3. The Morgan fingerprint density at radius 2 is 2.10 bits per heavy atom. The fourth-order valence-electron chi connectivity index (χ4n) is 3.38. The van der Waals surface area contributed by atoms with Crippen molar-refractivity contribution in [3.63, 3.8) is 0 Å². The Bertz CT molecular complexity index is 555. The molecule has 21 heavy (non-hydrogen) atoms. The Hall–Kier alpha value is -1.81. The minimum atomic E-state index is -0.128. The molecule has 3 rings (SSSR count). The minimum absolute atomic E-state index is 0.0223. The average Bonchev–Trinajstić information content (AvgIpc) is 3.04. The first-order chi connectivity index (χ1) is 10.2. The molecule has 0 bridgehead atoms. The molecule has 4 atom stereocenters. The van der Waals surface area contributed by atoms with E-state index in [9.17, 15) is 4.79 Å². The number of carbonyl (C=O) groups excluding carboxylic acids is 1. The van der Waals surface area contributed by atoms with Crippen LogP contribution in [-0.2, 0) is 6.42 Å². The van der Waals surface area contributed by atoms with Crippen LogP contribution >= 0.6 is 0 Å². The number of fused-ring (bicyclic) bond motifs is 1. The van der Waals surface area contributed by atoms with Gasteiger partial charge in [0.15, 0.2) is 0 Å². The lowest BCUT2D eigenvalue weighted by Crippen LogP contribution is -2.43. The Morgan fingerprint density at radius 3 is 2.86 bits per heavy atom. The third kappa shape index (κ3) is 2.95. The first kappa shape index (κ1) is 14.1. The van der Waals surface area contributed by atoms with Gasteiger partial charge in [0.2, 0.25) is 0 Å². The third-order valence-electron chi connectivity index (χ3n) is 4.51. The summed E-state index contributed by atoms with van der Waals surface area (Å²) in [6.45, 7) is 2.31. The Labute approximate surface area is 125 Å². The Morgan fingerprint density at radius 1 is 1.29 bits per heavy atom. The topological polar surface area (TPSA) is 61.4 Å². The average molecular weight is 286 g/mol.